The van der Waals surface area contributed by atoms with Crippen LogP contribution in [0.5, 0.6) is 0 Å². The Hall–Kier alpha value is -1.22. The number of amides is 1. The maximum atomic E-state index is 10.8. The van der Waals surface area contributed by atoms with Crippen molar-refractivity contribution < 1.29 is 4.79 Å². The summed E-state index contributed by atoms with van der Waals surface area (Å²) < 4.78 is 0. The summed E-state index contributed by atoms with van der Waals surface area (Å²) in [5, 5.41) is 3.41. The molecule has 0 aromatic heterocycles. The van der Waals surface area contributed by atoms with E-state index >= 15 is 0 Å². The van der Waals surface area contributed by atoms with Crippen molar-refractivity contribution in [2.45, 2.75) is 0 Å². The second kappa shape index (κ2) is 3.45. The molecule has 3 N–H and O–H groups in total. The Morgan fingerprint density at radius 3 is 2.75 bits per heavy atom. The highest BCUT2D eigenvalue weighted by Gasteiger charge is 2.06. The summed E-state index contributed by atoms with van der Waals surface area (Å²) in [4.78, 5) is 10.8. The van der Waals surface area contributed by atoms with Crippen molar-refractivity contribution in [1.29, 1.82) is 0 Å². The molecule has 0 saturated carbocycles. The fraction of sp³-hybridized carbons (Fsp3) is 0.125. The number of nitrogens with two attached hydrogens (primary N) is 1. The van der Waals surface area contributed by atoms with Gasteiger partial charge in [0.15, 0.2) is 0 Å². The van der Waals surface area contributed by atoms with Gasteiger partial charge in [0, 0.05) is 17.8 Å². The maximum absolute atomic E-state index is 10.8. The Bertz CT molecular complexity index is 312. The van der Waals surface area contributed by atoms with Crippen LogP contribution in [0.25, 0.3) is 0 Å². The fourth-order valence-electron chi connectivity index (χ4n) is 0.938. The van der Waals surface area contributed by atoms with Crippen LogP contribution in [0.4, 0.5) is 5.69 Å². The Morgan fingerprint density at radius 2 is 2.25 bits per heavy atom. The molecule has 64 valence electrons. The number of anilines is 1. The predicted octanol–water partition coefficient (Wildman–Crippen LogP) is 1.48. The first kappa shape index (κ1) is 8.87. The summed E-state index contributed by atoms with van der Waals surface area (Å²) in [7, 11) is 1.71. The molecule has 0 unspecified atom stereocenters. The van der Waals surface area contributed by atoms with Crippen LogP contribution >= 0.6 is 11.6 Å². The minimum Gasteiger partial charge on any atom is -0.387 e. The largest absolute Gasteiger partial charge is 0.387 e. The first-order valence-corrected chi connectivity index (χ1v) is 3.80. The van der Waals surface area contributed by atoms with E-state index in [4.69, 9.17) is 17.3 Å². The molecule has 1 aromatic rings. The van der Waals surface area contributed by atoms with Gasteiger partial charge in [-0.2, -0.15) is 0 Å². The van der Waals surface area contributed by atoms with E-state index < -0.39 is 5.91 Å². The average molecular weight is 185 g/mol. The maximum Gasteiger partial charge on any atom is 0.250 e. The third-order valence-corrected chi connectivity index (χ3v) is 1.75. The molecule has 3 nitrogen and oxygen atoms in total. The monoisotopic (exact) mass is 184 g/mol. The van der Waals surface area contributed by atoms with Crippen LogP contribution in [0, 0.1) is 0 Å². The molecule has 0 heterocycles. The number of hydrogen-bond donors (Lipinski definition) is 2. The summed E-state index contributed by atoms with van der Waals surface area (Å²) in [5.74, 6) is -0.462. The molecular formula is C8H9ClN2O. The van der Waals surface area contributed by atoms with Gasteiger partial charge in [-0.3, -0.25) is 4.79 Å². The van der Waals surface area contributed by atoms with E-state index in [-0.39, 0.29) is 0 Å². The van der Waals surface area contributed by atoms with Crippen LogP contribution in [-0.4, -0.2) is 13.0 Å². The predicted molar refractivity (Wildman–Crippen MR) is 49.5 cm³/mol. The van der Waals surface area contributed by atoms with Crippen LogP contribution < -0.4 is 11.1 Å². The van der Waals surface area contributed by atoms with E-state index in [9.17, 15) is 4.79 Å². The normalized spacial score (nSPS) is 9.50. The van der Waals surface area contributed by atoms with Gasteiger partial charge >= 0.3 is 0 Å². The minimum absolute atomic E-state index is 0.446. The minimum atomic E-state index is -0.462. The van der Waals surface area contributed by atoms with E-state index in [0.29, 0.717) is 16.3 Å². The highest BCUT2D eigenvalue weighted by Crippen LogP contribution is 2.19. The van der Waals surface area contributed by atoms with Gasteiger partial charge in [-0.15, -0.1) is 0 Å². The Balaban J connectivity index is 3.20. The second-order valence-corrected chi connectivity index (χ2v) is 2.74. The zero-order valence-electron chi connectivity index (χ0n) is 6.60. The van der Waals surface area contributed by atoms with Crippen molar-refractivity contribution in [3.63, 3.8) is 0 Å². The number of carbonyl (C=O) groups excluding carboxylic acids is 1. The van der Waals surface area contributed by atoms with Crippen LogP contribution in [0.3, 0.4) is 0 Å². The van der Waals surface area contributed by atoms with E-state index in [1.165, 1.54) is 0 Å². The smallest absolute Gasteiger partial charge is 0.250 e. The van der Waals surface area contributed by atoms with Gasteiger partial charge in [-0.1, -0.05) is 11.6 Å². The zero-order chi connectivity index (χ0) is 9.14. The first-order chi connectivity index (χ1) is 5.65. The summed E-state index contributed by atoms with van der Waals surface area (Å²) >= 11 is 5.71. The summed E-state index contributed by atoms with van der Waals surface area (Å²) in [5.41, 5.74) is 6.21. The van der Waals surface area contributed by atoms with Crippen LogP contribution in [0.2, 0.25) is 5.02 Å². The number of halogens is 1. The van der Waals surface area contributed by atoms with Crippen LogP contribution in [-0.2, 0) is 0 Å². The van der Waals surface area contributed by atoms with Gasteiger partial charge in [-0.05, 0) is 18.2 Å². The molecule has 0 aliphatic heterocycles. The molecule has 0 spiro atoms. The summed E-state index contributed by atoms with van der Waals surface area (Å²) in [6.45, 7) is 0. The third-order valence-electron chi connectivity index (χ3n) is 1.52. The van der Waals surface area contributed by atoms with Crippen molar-refractivity contribution in [2.24, 2.45) is 5.73 Å². The Morgan fingerprint density at radius 1 is 1.58 bits per heavy atom. The van der Waals surface area contributed by atoms with Crippen molar-refractivity contribution in [1.82, 2.24) is 0 Å². The highest BCUT2D eigenvalue weighted by atomic mass is 35.5. The van der Waals surface area contributed by atoms with Gasteiger partial charge in [0.1, 0.15) is 0 Å². The zero-order valence-corrected chi connectivity index (χ0v) is 7.35. The lowest BCUT2D eigenvalue weighted by molar-refractivity contribution is 0.100. The number of rotatable bonds is 2. The van der Waals surface area contributed by atoms with Gasteiger partial charge in [-0.25, -0.2) is 0 Å². The molecule has 0 atom stereocenters. The van der Waals surface area contributed by atoms with E-state index in [0.717, 1.165) is 0 Å². The molecule has 1 aromatic carbocycles. The highest BCUT2D eigenvalue weighted by molar-refractivity contribution is 6.31. The lowest BCUT2D eigenvalue weighted by atomic mass is 10.1. The SMILES string of the molecule is CNc1cc(Cl)ccc1C(N)=O. The van der Waals surface area contributed by atoms with Gasteiger partial charge in [0.25, 0.3) is 5.91 Å². The van der Waals surface area contributed by atoms with Gasteiger partial charge < -0.3 is 11.1 Å². The van der Waals surface area contributed by atoms with E-state index in [2.05, 4.69) is 5.32 Å². The van der Waals surface area contributed by atoms with Crippen LogP contribution in [0.1, 0.15) is 10.4 Å². The van der Waals surface area contributed by atoms with Crippen molar-refractivity contribution in [2.75, 3.05) is 12.4 Å². The molecule has 0 fully saturated rings. The molecule has 0 bridgehead atoms. The Kier molecular flexibility index (Phi) is 2.55. The lowest BCUT2D eigenvalue weighted by Crippen LogP contribution is -2.13. The van der Waals surface area contributed by atoms with Gasteiger partial charge in [0.05, 0.1) is 5.56 Å². The van der Waals surface area contributed by atoms with Crippen molar-refractivity contribution in [3.8, 4) is 0 Å². The van der Waals surface area contributed by atoms with Crippen molar-refractivity contribution in [3.05, 3.63) is 28.8 Å². The number of carbonyl (C=O) groups is 1. The van der Waals surface area contributed by atoms with E-state index in [1.54, 1.807) is 25.2 Å². The molecule has 0 aliphatic rings. The molecule has 0 saturated heterocycles. The molecule has 1 rings (SSSR count). The molecule has 4 heteroatoms. The summed E-state index contributed by atoms with van der Waals surface area (Å²) in [6, 6.07) is 4.88. The fourth-order valence-corrected chi connectivity index (χ4v) is 1.11. The van der Waals surface area contributed by atoms with Crippen molar-refractivity contribution >= 4 is 23.2 Å². The number of hydrogen-bond acceptors (Lipinski definition) is 2. The molecular weight excluding hydrogens is 176 g/mol. The lowest BCUT2D eigenvalue weighted by Gasteiger charge is -2.05. The number of benzene rings is 1. The Labute approximate surface area is 75.5 Å². The molecule has 0 aliphatic carbocycles. The molecule has 1 amide bonds. The topological polar surface area (TPSA) is 55.1 Å². The molecule has 0 radical (unpaired) electrons. The average Bonchev–Trinajstić information content (AvgIpc) is 2.03. The number of primary amides is 1. The first-order valence-electron chi connectivity index (χ1n) is 3.42. The quantitative estimate of drug-likeness (QED) is 0.732. The molecule has 12 heavy (non-hydrogen) atoms. The standard InChI is InChI=1S/C8H9ClN2O/c1-11-7-4-5(9)2-3-6(7)8(10)12/h2-4,11H,1H3,(H2,10,12). The number of nitrogens with one attached hydrogen (secondary N) is 1. The van der Waals surface area contributed by atoms with Crippen LogP contribution in [0.15, 0.2) is 18.2 Å². The van der Waals surface area contributed by atoms with E-state index in [1.807, 2.05) is 0 Å². The third kappa shape index (κ3) is 1.68. The summed E-state index contributed by atoms with van der Waals surface area (Å²) in [6.07, 6.45) is 0. The second-order valence-electron chi connectivity index (χ2n) is 2.30. The van der Waals surface area contributed by atoms with Gasteiger partial charge in [0.2, 0.25) is 0 Å².